The van der Waals surface area contributed by atoms with Crippen LogP contribution in [-0.2, 0) is 9.47 Å². The number of ether oxygens (including phenoxy) is 3. The van der Waals surface area contributed by atoms with Gasteiger partial charge in [0.1, 0.15) is 5.75 Å². The van der Waals surface area contributed by atoms with Crippen molar-refractivity contribution in [1.82, 2.24) is 0 Å². The fraction of sp³-hybridized carbons (Fsp3) is 0.500. The lowest BCUT2D eigenvalue weighted by atomic mass is 10.0. The van der Waals surface area contributed by atoms with Crippen molar-refractivity contribution in [2.75, 3.05) is 21.3 Å². The maximum Gasteiger partial charge on any atom is 0.176 e. The average Bonchev–Trinajstić information content (AvgIpc) is 2.30. The minimum Gasteiger partial charge on any atom is -0.496 e. The molecule has 1 aromatic carbocycles. The van der Waals surface area contributed by atoms with Crippen LogP contribution in [0, 0.1) is 6.92 Å². The van der Waals surface area contributed by atoms with Gasteiger partial charge in [0.2, 0.25) is 0 Å². The van der Waals surface area contributed by atoms with Crippen LogP contribution in [0.5, 0.6) is 5.75 Å². The number of hydrogen-bond donors (Lipinski definition) is 1. The van der Waals surface area contributed by atoms with E-state index in [-0.39, 0.29) is 6.04 Å². The Bertz CT molecular complexity index is 337. The highest BCUT2D eigenvalue weighted by atomic mass is 16.7. The molecule has 0 bridgehead atoms. The molecular weight excluding hydrogens is 206 g/mol. The van der Waals surface area contributed by atoms with E-state index in [4.69, 9.17) is 19.9 Å². The van der Waals surface area contributed by atoms with Gasteiger partial charge >= 0.3 is 0 Å². The molecular formula is C12H19NO3. The number of nitrogens with two attached hydrogens (primary N) is 1. The van der Waals surface area contributed by atoms with Crippen molar-refractivity contribution in [2.24, 2.45) is 5.73 Å². The fourth-order valence-electron chi connectivity index (χ4n) is 1.65. The van der Waals surface area contributed by atoms with E-state index in [1.807, 2.05) is 25.1 Å². The molecule has 90 valence electrons. The summed E-state index contributed by atoms with van der Waals surface area (Å²) < 4.78 is 15.6. The second kappa shape index (κ2) is 5.84. The Morgan fingerprint density at radius 3 is 2.25 bits per heavy atom. The first-order chi connectivity index (χ1) is 7.63. The Morgan fingerprint density at radius 2 is 1.75 bits per heavy atom. The van der Waals surface area contributed by atoms with Gasteiger partial charge in [-0.1, -0.05) is 17.7 Å². The average molecular weight is 225 g/mol. The van der Waals surface area contributed by atoms with Gasteiger partial charge < -0.3 is 19.9 Å². The third-order valence-corrected chi connectivity index (χ3v) is 2.50. The first-order valence-electron chi connectivity index (χ1n) is 5.09. The Balaban J connectivity index is 3.04. The standard InChI is InChI=1S/C12H19NO3/c1-8-5-6-10(14-2)9(7-8)11(13)12(15-3)16-4/h5-7,11-12H,13H2,1-4H3. The number of methoxy groups -OCH3 is 3. The highest BCUT2D eigenvalue weighted by molar-refractivity contribution is 5.39. The number of aryl methyl sites for hydroxylation is 1. The zero-order valence-electron chi connectivity index (χ0n) is 10.2. The van der Waals surface area contributed by atoms with E-state index in [0.717, 1.165) is 16.9 Å². The van der Waals surface area contributed by atoms with Gasteiger partial charge in [-0.2, -0.15) is 0 Å². The van der Waals surface area contributed by atoms with E-state index >= 15 is 0 Å². The van der Waals surface area contributed by atoms with Gasteiger partial charge in [0, 0.05) is 19.8 Å². The second-order valence-corrected chi connectivity index (χ2v) is 3.61. The molecule has 2 N–H and O–H groups in total. The highest BCUT2D eigenvalue weighted by Gasteiger charge is 2.21. The molecule has 0 heterocycles. The van der Waals surface area contributed by atoms with Gasteiger partial charge in [0.15, 0.2) is 6.29 Å². The summed E-state index contributed by atoms with van der Waals surface area (Å²) in [5.74, 6) is 0.747. The van der Waals surface area contributed by atoms with E-state index in [9.17, 15) is 0 Å². The zero-order chi connectivity index (χ0) is 12.1. The summed E-state index contributed by atoms with van der Waals surface area (Å²) in [5.41, 5.74) is 8.08. The Kier molecular flexibility index (Phi) is 4.73. The van der Waals surface area contributed by atoms with Crippen molar-refractivity contribution in [3.8, 4) is 5.75 Å². The van der Waals surface area contributed by atoms with Crippen molar-refractivity contribution in [1.29, 1.82) is 0 Å². The summed E-state index contributed by atoms with van der Waals surface area (Å²) in [7, 11) is 4.75. The normalized spacial score (nSPS) is 12.9. The zero-order valence-corrected chi connectivity index (χ0v) is 10.2. The topological polar surface area (TPSA) is 53.7 Å². The molecule has 1 aromatic rings. The van der Waals surface area contributed by atoms with Gasteiger partial charge in [-0.3, -0.25) is 0 Å². The Hall–Kier alpha value is -1.10. The van der Waals surface area contributed by atoms with Crippen molar-refractivity contribution in [3.05, 3.63) is 29.3 Å². The van der Waals surface area contributed by atoms with Crippen molar-refractivity contribution < 1.29 is 14.2 Å². The number of hydrogen-bond acceptors (Lipinski definition) is 4. The molecule has 0 saturated heterocycles. The number of rotatable bonds is 5. The minimum absolute atomic E-state index is 0.371. The largest absolute Gasteiger partial charge is 0.496 e. The van der Waals surface area contributed by atoms with E-state index in [1.165, 1.54) is 0 Å². The highest BCUT2D eigenvalue weighted by Crippen LogP contribution is 2.27. The second-order valence-electron chi connectivity index (χ2n) is 3.61. The van der Waals surface area contributed by atoms with Crippen molar-refractivity contribution >= 4 is 0 Å². The van der Waals surface area contributed by atoms with Gasteiger partial charge in [-0.25, -0.2) is 0 Å². The molecule has 0 fully saturated rings. The van der Waals surface area contributed by atoms with Gasteiger partial charge in [-0.15, -0.1) is 0 Å². The SMILES string of the molecule is COc1ccc(C)cc1C(N)C(OC)OC. The monoisotopic (exact) mass is 225 g/mol. The molecule has 16 heavy (non-hydrogen) atoms. The molecule has 4 heteroatoms. The lowest BCUT2D eigenvalue weighted by Crippen LogP contribution is -2.30. The molecule has 1 unspecified atom stereocenters. The van der Waals surface area contributed by atoms with Crippen LogP contribution in [-0.4, -0.2) is 27.6 Å². The quantitative estimate of drug-likeness (QED) is 0.774. The third kappa shape index (κ3) is 2.72. The molecule has 0 amide bonds. The van der Waals surface area contributed by atoms with E-state index in [2.05, 4.69) is 0 Å². The maximum absolute atomic E-state index is 6.08. The number of benzene rings is 1. The fourth-order valence-corrected chi connectivity index (χ4v) is 1.65. The smallest absolute Gasteiger partial charge is 0.176 e. The molecule has 0 aliphatic rings. The Labute approximate surface area is 96.3 Å². The predicted octanol–water partition coefficient (Wildman–Crippen LogP) is 1.62. The van der Waals surface area contributed by atoms with Crippen LogP contribution in [0.1, 0.15) is 17.2 Å². The molecule has 1 atom stereocenters. The molecule has 0 aliphatic carbocycles. The lowest BCUT2D eigenvalue weighted by molar-refractivity contribution is -0.117. The van der Waals surface area contributed by atoms with Crippen LogP contribution >= 0.6 is 0 Å². The summed E-state index contributed by atoms with van der Waals surface area (Å²) in [5, 5.41) is 0. The molecule has 0 aromatic heterocycles. The Morgan fingerprint density at radius 1 is 1.12 bits per heavy atom. The minimum atomic E-state index is -0.476. The van der Waals surface area contributed by atoms with Crippen LogP contribution in [0.4, 0.5) is 0 Å². The molecule has 0 spiro atoms. The summed E-state index contributed by atoms with van der Waals surface area (Å²) in [6, 6.07) is 5.48. The third-order valence-electron chi connectivity index (χ3n) is 2.50. The molecule has 4 nitrogen and oxygen atoms in total. The molecule has 0 aliphatic heterocycles. The summed E-state index contributed by atoms with van der Waals surface area (Å²) in [4.78, 5) is 0. The van der Waals surface area contributed by atoms with Crippen molar-refractivity contribution in [3.63, 3.8) is 0 Å². The lowest BCUT2D eigenvalue weighted by Gasteiger charge is -2.23. The maximum atomic E-state index is 6.08. The molecule has 0 saturated carbocycles. The van der Waals surface area contributed by atoms with Crippen LogP contribution in [0.15, 0.2) is 18.2 Å². The summed E-state index contributed by atoms with van der Waals surface area (Å²) in [6.45, 7) is 2.00. The van der Waals surface area contributed by atoms with E-state index in [1.54, 1.807) is 21.3 Å². The van der Waals surface area contributed by atoms with E-state index < -0.39 is 6.29 Å². The van der Waals surface area contributed by atoms with E-state index in [0.29, 0.717) is 0 Å². The summed E-state index contributed by atoms with van der Waals surface area (Å²) in [6.07, 6.45) is -0.476. The van der Waals surface area contributed by atoms with Crippen LogP contribution in [0.2, 0.25) is 0 Å². The summed E-state index contributed by atoms with van der Waals surface area (Å²) >= 11 is 0. The van der Waals surface area contributed by atoms with Gasteiger partial charge in [0.25, 0.3) is 0 Å². The van der Waals surface area contributed by atoms with Crippen LogP contribution < -0.4 is 10.5 Å². The molecule has 1 rings (SSSR count). The van der Waals surface area contributed by atoms with Crippen LogP contribution in [0.25, 0.3) is 0 Å². The first-order valence-corrected chi connectivity index (χ1v) is 5.09. The van der Waals surface area contributed by atoms with Crippen LogP contribution in [0.3, 0.4) is 0 Å². The molecule has 0 radical (unpaired) electrons. The first kappa shape index (κ1) is 13.0. The predicted molar refractivity (Wildman–Crippen MR) is 62.5 cm³/mol. The van der Waals surface area contributed by atoms with Gasteiger partial charge in [0.05, 0.1) is 13.2 Å². The van der Waals surface area contributed by atoms with Crippen molar-refractivity contribution in [2.45, 2.75) is 19.3 Å². The van der Waals surface area contributed by atoms with Gasteiger partial charge in [-0.05, 0) is 13.0 Å².